The molecule has 0 atom stereocenters. The molecule has 0 aliphatic rings. The molecule has 0 aromatic heterocycles. The largest absolute Gasteiger partial charge is 0.315 e. The van der Waals surface area contributed by atoms with Crippen LogP contribution in [0.15, 0.2) is 66.7 Å². The van der Waals surface area contributed by atoms with Crippen molar-refractivity contribution in [3.05, 3.63) is 72.3 Å². The van der Waals surface area contributed by atoms with Crippen LogP contribution in [-0.4, -0.2) is 13.0 Å². The highest BCUT2D eigenvalue weighted by atomic mass is 16.2. The van der Waals surface area contributed by atoms with Gasteiger partial charge in [0.25, 0.3) is 0 Å². The number of anilines is 1. The van der Waals surface area contributed by atoms with Crippen LogP contribution in [0.25, 0.3) is 6.08 Å². The van der Waals surface area contributed by atoms with E-state index < -0.39 is 0 Å². The maximum atomic E-state index is 12.0. The molecule has 0 N–H and O–H groups in total. The molecule has 0 radical (unpaired) electrons. The van der Waals surface area contributed by atoms with Crippen molar-refractivity contribution < 1.29 is 4.79 Å². The molecule has 0 fully saturated rings. The lowest BCUT2D eigenvalue weighted by molar-refractivity contribution is -0.118. The summed E-state index contributed by atoms with van der Waals surface area (Å²) >= 11 is 0. The number of hydrogen-bond donors (Lipinski definition) is 0. The van der Waals surface area contributed by atoms with Gasteiger partial charge in [-0.25, -0.2) is 0 Å². The highest BCUT2D eigenvalue weighted by Gasteiger charge is 2.08. The Morgan fingerprint density at radius 2 is 1.60 bits per heavy atom. The highest BCUT2D eigenvalue weighted by molar-refractivity contribution is 5.92. The zero-order valence-electron chi connectivity index (χ0n) is 11.7. The summed E-state index contributed by atoms with van der Waals surface area (Å²) in [7, 11) is 1.82. The first kappa shape index (κ1) is 14.1. The van der Waals surface area contributed by atoms with Crippen molar-refractivity contribution in [1.29, 1.82) is 0 Å². The van der Waals surface area contributed by atoms with Crippen LogP contribution >= 0.6 is 0 Å². The van der Waals surface area contributed by atoms with Gasteiger partial charge in [-0.15, -0.1) is 0 Å². The Bertz CT molecular complexity index is 560. The number of carbonyl (C=O) groups is 1. The third kappa shape index (κ3) is 4.09. The first-order chi connectivity index (χ1) is 9.77. The van der Waals surface area contributed by atoms with Crippen LogP contribution in [0.3, 0.4) is 0 Å². The average molecular weight is 265 g/mol. The van der Waals surface area contributed by atoms with E-state index in [0.29, 0.717) is 6.42 Å². The van der Waals surface area contributed by atoms with Gasteiger partial charge in [0.2, 0.25) is 5.91 Å². The SMILES string of the molecule is CN(C(=O)CC/C=C/c1ccccc1)c1ccccc1. The van der Waals surface area contributed by atoms with Crippen LogP contribution < -0.4 is 4.90 Å². The molecule has 0 spiro atoms. The third-order valence-corrected chi connectivity index (χ3v) is 3.15. The van der Waals surface area contributed by atoms with Gasteiger partial charge in [-0.1, -0.05) is 60.7 Å². The van der Waals surface area contributed by atoms with Crippen molar-refractivity contribution in [2.45, 2.75) is 12.8 Å². The Labute approximate surface area is 120 Å². The fourth-order valence-corrected chi connectivity index (χ4v) is 1.95. The normalized spacial score (nSPS) is 10.7. The Morgan fingerprint density at radius 1 is 1.00 bits per heavy atom. The zero-order valence-corrected chi connectivity index (χ0v) is 11.7. The van der Waals surface area contributed by atoms with Crippen molar-refractivity contribution in [3.63, 3.8) is 0 Å². The summed E-state index contributed by atoms with van der Waals surface area (Å²) in [5, 5.41) is 0. The zero-order chi connectivity index (χ0) is 14.2. The minimum atomic E-state index is 0.133. The standard InChI is InChI=1S/C18H19NO/c1-19(17-13-6-3-7-14-17)18(20)15-9-8-12-16-10-4-2-5-11-16/h2-8,10-14H,9,15H2,1H3/b12-8+. The van der Waals surface area contributed by atoms with E-state index >= 15 is 0 Å². The van der Waals surface area contributed by atoms with Gasteiger partial charge in [0.15, 0.2) is 0 Å². The highest BCUT2D eigenvalue weighted by Crippen LogP contribution is 2.13. The van der Waals surface area contributed by atoms with E-state index in [0.717, 1.165) is 17.7 Å². The van der Waals surface area contributed by atoms with Gasteiger partial charge in [-0.05, 0) is 24.1 Å². The number of benzene rings is 2. The predicted molar refractivity (Wildman–Crippen MR) is 84.6 cm³/mol. The van der Waals surface area contributed by atoms with Crippen LogP contribution in [0.2, 0.25) is 0 Å². The molecule has 0 saturated carbocycles. The van der Waals surface area contributed by atoms with Crippen LogP contribution in [0, 0.1) is 0 Å². The van der Waals surface area contributed by atoms with Gasteiger partial charge in [0.1, 0.15) is 0 Å². The molecule has 2 aromatic carbocycles. The number of allylic oxidation sites excluding steroid dienone is 1. The maximum absolute atomic E-state index is 12.0. The fourth-order valence-electron chi connectivity index (χ4n) is 1.95. The third-order valence-electron chi connectivity index (χ3n) is 3.15. The molecular formula is C18H19NO. The van der Waals surface area contributed by atoms with E-state index in [-0.39, 0.29) is 5.91 Å². The van der Waals surface area contributed by atoms with Gasteiger partial charge in [0.05, 0.1) is 0 Å². The average Bonchev–Trinajstić information content (AvgIpc) is 2.52. The first-order valence-electron chi connectivity index (χ1n) is 6.80. The van der Waals surface area contributed by atoms with E-state index in [1.54, 1.807) is 4.90 Å². The van der Waals surface area contributed by atoms with Crippen molar-refractivity contribution >= 4 is 17.7 Å². The quantitative estimate of drug-likeness (QED) is 0.795. The molecule has 0 heterocycles. The van der Waals surface area contributed by atoms with Gasteiger partial charge < -0.3 is 4.90 Å². The molecule has 20 heavy (non-hydrogen) atoms. The van der Waals surface area contributed by atoms with Crippen molar-refractivity contribution in [2.24, 2.45) is 0 Å². The van der Waals surface area contributed by atoms with Crippen molar-refractivity contribution in [2.75, 3.05) is 11.9 Å². The molecule has 0 saturated heterocycles. The van der Waals surface area contributed by atoms with Gasteiger partial charge >= 0.3 is 0 Å². The van der Waals surface area contributed by atoms with E-state index in [4.69, 9.17) is 0 Å². The van der Waals surface area contributed by atoms with E-state index in [2.05, 4.69) is 18.2 Å². The van der Waals surface area contributed by atoms with Gasteiger partial charge in [0, 0.05) is 19.2 Å². The molecule has 0 bridgehead atoms. The number of amides is 1. The van der Waals surface area contributed by atoms with Crippen LogP contribution in [0.4, 0.5) is 5.69 Å². The summed E-state index contributed by atoms with van der Waals surface area (Å²) in [6.45, 7) is 0. The second-order valence-corrected chi connectivity index (χ2v) is 4.64. The van der Waals surface area contributed by atoms with Gasteiger partial charge in [-0.2, -0.15) is 0 Å². The Morgan fingerprint density at radius 3 is 2.25 bits per heavy atom. The molecule has 0 aliphatic carbocycles. The first-order valence-corrected chi connectivity index (χ1v) is 6.80. The molecule has 102 valence electrons. The van der Waals surface area contributed by atoms with E-state index in [9.17, 15) is 4.79 Å². The minimum Gasteiger partial charge on any atom is -0.315 e. The van der Waals surface area contributed by atoms with E-state index in [1.165, 1.54) is 0 Å². The minimum absolute atomic E-state index is 0.133. The predicted octanol–water partition coefficient (Wildman–Crippen LogP) is 4.14. The number of para-hydroxylation sites is 1. The number of hydrogen-bond acceptors (Lipinski definition) is 1. The molecule has 0 aliphatic heterocycles. The molecule has 0 unspecified atom stereocenters. The number of nitrogens with zero attached hydrogens (tertiary/aromatic N) is 1. The van der Waals surface area contributed by atoms with Crippen molar-refractivity contribution in [3.8, 4) is 0 Å². The Hall–Kier alpha value is -2.35. The topological polar surface area (TPSA) is 20.3 Å². The summed E-state index contributed by atoms with van der Waals surface area (Å²) in [5.41, 5.74) is 2.10. The van der Waals surface area contributed by atoms with Crippen LogP contribution in [0.5, 0.6) is 0 Å². The number of rotatable bonds is 5. The fraction of sp³-hybridized carbons (Fsp3) is 0.167. The second-order valence-electron chi connectivity index (χ2n) is 4.64. The summed E-state index contributed by atoms with van der Waals surface area (Å²) in [6, 6.07) is 19.8. The summed E-state index contributed by atoms with van der Waals surface area (Å²) in [4.78, 5) is 13.8. The van der Waals surface area contributed by atoms with Crippen LogP contribution in [-0.2, 0) is 4.79 Å². The summed E-state index contributed by atoms with van der Waals surface area (Å²) < 4.78 is 0. The Kier molecular flexibility index (Phi) is 5.13. The smallest absolute Gasteiger partial charge is 0.227 e. The molecule has 2 rings (SSSR count). The van der Waals surface area contributed by atoms with Crippen molar-refractivity contribution in [1.82, 2.24) is 0 Å². The van der Waals surface area contributed by atoms with Crippen LogP contribution in [0.1, 0.15) is 18.4 Å². The molecular weight excluding hydrogens is 246 g/mol. The second kappa shape index (κ2) is 7.29. The summed E-state index contributed by atoms with van der Waals surface area (Å²) in [5.74, 6) is 0.133. The lowest BCUT2D eigenvalue weighted by Gasteiger charge is -2.16. The monoisotopic (exact) mass is 265 g/mol. The van der Waals surface area contributed by atoms with E-state index in [1.807, 2.05) is 61.7 Å². The lowest BCUT2D eigenvalue weighted by atomic mass is 10.2. The molecule has 1 amide bonds. The molecule has 2 heteroatoms. The number of carbonyl (C=O) groups excluding carboxylic acids is 1. The maximum Gasteiger partial charge on any atom is 0.227 e. The van der Waals surface area contributed by atoms with Gasteiger partial charge in [-0.3, -0.25) is 4.79 Å². The summed E-state index contributed by atoms with van der Waals surface area (Å²) in [6.07, 6.45) is 5.38. The lowest BCUT2D eigenvalue weighted by Crippen LogP contribution is -2.25. The molecule has 2 nitrogen and oxygen atoms in total. The Balaban J connectivity index is 1.82. The molecule has 2 aromatic rings.